The summed E-state index contributed by atoms with van der Waals surface area (Å²) in [7, 11) is 0. The molecule has 0 spiro atoms. The molecular formula is C11H22Cl2N2. The normalized spacial score (nSPS) is 38.0. The Bertz CT molecular complexity index is 189. The Labute approximate surface area is 105 Å². The van der Waals surface area contributed by atoms with Gasteiger partial charge in [-0.1, -0.05) is 0 Å². The van der Waals surface area contributed by atoms with Gasteiger partial charge in [0, 0.05) is 12.6 Å². The lowest BCUT2D eigenvalue weighted by Gasteiger charge is -2.45. The van der Waals surface area contributed by atoms with Gasteiger partial charge in [0.15, 0.2) is 0 Å². The molecule has 1 atom stereocenters. The molecule has 0 aromatic carbocycles. The SMILES string of the molecule is C1CC1CN[C@H]1CN2CCC1CC2.Cl.Cl. The van der Waals surface area contributed by atoms with E-state index in [1.165, 1.54) is 51.9 Å². The van der Waals surface area contributed by atoms with Crippen LogP contribution < -0.4 is 5.32 Å². The Balaban J connectivity index is 0.000000562. The van der Waals surface area contributed by atoms with E-state index >= 15 is 0 Å². The molecule has 4 aliphatic rings. The summed E-state index contributed by atoms with van der Waals surface area (Å²) in [5, 5.41) is 3.77. The zero-order valence-electron chi connectivity index (χ0n) is 9.15. The lowest BCUT2D eigenvalue weighted by atomic mass is 9.84. The van der Waals surface area contributed by atoms with E-state index in [-0.39, 0.29) is 24.8 Å². The predicted octanol–water partition coefficient (Wildman–Crippen LogP) is 1.92. The Morgan fingerprint density at radius 3 is 2.13 bits per heavy atom. The second kappa shape index (κ2) is 5.72. The summed E-state index contributed by atoms with van der Waals surface area (Å²) in [6.07, 6.45) is 5.85. The number of halogens is 2. The first-order valence-corrected chi connectivity index (χ1v) is 5.87. The topological polar surface area (TPSA) is 15.3 Å². The standard InChI is InChI=1S/C11H20N2.2ClH/c1-2-9(1)7-12-11-8-13-5-3-10(11)4-6-13;;/h9-12H,1-8H2;2*1H/t11-;;/m0../s1. The van der Waals surface area contributed by atoms with Gasteiger partial charge in [-0.2, -0.15) is 0 Å². The quantitative estimate of drug-likeness (QED) is 0.826. The summed E-state index contributed by atoms with van der Waals surface area (Å²) in [6, 6.07) is 0.836. The molecule has 0 amide bonds. The van der Waals surface area contributed by atoms with Gasteiger partial charge < -0.3 is 10.2 Å². The molecule has 2 nitrogen and oxygen atoms in total. The highest BCUT2D eigenvalue weighted by molar-refractivity contribution is 5.85. The number of rotatable bonds is 3. The summed E-state index contributed by atoms with van der Waals surface area (Å²) >= 11 is 0. The minimum absolute atomic E-state index is 0. The largest absolute Gasteiger partial charge is 0.312 e. The maximum atomic E-state index is 3.77. The maximum absolute atomic E-state index is 3.77. The molecule has 15 heavy (non-hydrogen) atoms. The molecule has 90 valence electrons. The third-order valence-electron chi connectivity index (χ3n) is 4.02. The highest BCUT2D eigenvalue weighted by atomic mass is 35.5. The summed E-state index contributed by atoms with van der Waals surface area (Å²) in [4.78, 5) is 2.63. The number of nitrogens with one attached hydrogen (secondary N) is 1. The van der Waals surface area contributed by atoms with Crippen LogP contribution in [0.4, 0.5) is 0 Å². The van der Waals surface area contributed by atoms with Gasteiger partial charge in [-0.3, -0.25) is 0 Å². The maximum Gasteiger partial charge on any atom is 0.0224 e. The van der Waals surface area contributed by atoms with E-state index in [9.17, 15) is 0 Å². The van der Waals surface area contributed by atoms with Crippen molar-refractivity contribution in [3.8, 4) is 0 Å². The van der Waals surface area contributed by atoms with E-state index in [2.05, 4.69) is 10.2 Å². The Morgan fingerprint density at radius 2 is 1.67 bits per heavy atom. The third kappa shape index (κ3) is 3.23. The van der Waals surface area contributed by atoms with Crippen molar-refractivity contribution in [3.63, 3.8) is 0 Å². The van der Waals surface area contributed by atoms with Crippen molar-refractivity contribution >= 4 is 24.8 Å². The molecule has 4 heteroatoms. The number of nitrogens with zero attached hydrogens (tertiary/aromatic N) is 1. The minimum atomic E-state index is 0. The van der Waals surface area contributed by atoms with Crippen molar-refractivity contribution < 1.29 is 0 Å². The first-order chi connectivity index (χ1) is 6.42. The second-order valence-corrected chi connectivity index (χ2v) is 5.10. The number of piperidine rings is 3. The average Bonchev–Trinajstić information content (AvgIpc) is 3.00. The van der Waals surface area contributed by atoms with E-state index < -0.39 is 0 Å². The Hall–Kier alpha value is 0.500. The number of hydrogen-bond donors (Lipinski definition) is 1. The second-order valence-electron chi connectivity index (χ2n) is 5.10. The van der Waals surface area contributed by atoms with Crippen LogP contribution in [0.1, 0.15) is 25.7 Å². The summed E-state index contributed by atoms with van der Waals surface area (Å²) in [6.45, 7) is 5.37. The molecule has 3 saturated heterocycles. The number of hydrogen-bond acceptors (Lipinski definition) is 2. The van der Waals surface area contributed by atoms with Gasteiger partial charge in [0.05, 0.1) is 0 Å². The van der Waals surface area contributed by atoms with E-state index in [1.807, 2.05) is 0 Å². The van der Waals surface area contributed by atoms with Crippen LogP contribution in [0.25, 0.3) is 0 Å². The fourth-order valence-corrected chi connectivity index (χ4v) is 2.84. The molecule has 1 N–H and O–H groups in total. The Morgan fingerprint density at radius 1 is 1.00 bits per heavy atom. The van der Waals surface area contributed by atoms with Crippen LogP contribution in [0.5, 0.6) is 0 Å². The molecule has 0 radical (unpaired) electrons. The van der Waals surface area contributed by atoms with Crippen LogP contribution in [-0.4, -0.2) is 37.1 Å². The molecule has 0 aromatic heterocycles. The fraction of sp³-hybridized carbons (Fsp3) is 1.00. The van der Waals surface area contributed by atoms with Crippen molar-refractivity contribution in [2.24, 2.45) is 11.8 Å². The molecule has 0 aromatic rings. The van der Waals surface area contributed by atoms with Crippen molar-refractivity contribution in [2.45, 2.75) is 31.7 Å². The van der Waals surface area contributed by atoms with Gasteiger partial charge in [-0.15, -0.1) is 24.8 Å². The van der Waals surface area contributed by atoms with Gasteiger partial charge in [-0.05, 0) is 57.2 Å². The first-order valence-electron chi connectivity index (χ1n) is 5.87. The molecular weight excluding hydrogens is 231 g/mol. The summed E-state index contributed by atoms with van der Waals surface area (Å²) in [5.74, 6) is 2.04. The van der Waals surface area contributed by atoms with Crippen LogP contribution in [0, 0.1) is 11.8 Å². The lowest BCUT2D eigenvalue weighted by Crippen LogP contribution is -2.56. The third-order valence-corrected chi connectivity index (χ3v) is 4.02. The van der Waals surface area contributed by atoms with Gasteiger partial charge in [0.1, 0.15) is 0 Å². The molecule has 1 aliphatic carbocycles. The smallest absolute Gasteiger partial charge is 0.0224 e. The lowest BCUT2D eigenvalue weighted by molar-refractivity contribution is 0.0723. The molecule has 4 rings (SSSR count). The highest BCUT2D eigenvalue weighted by Crippen LogP contribution is 2.30. The van der Waals surface area contributed by atoms with E-state index in [4.69, 9.17) is 0 Å². The summed E-state index contributed by atoms with van der Waals surface area (Å²) in [5.41, 5.74) is 0. The van der Waals surface area contributed by atoms with Crippen molar-refractivity contribution in [2.75, 3.05) is 26.2 Å². The van der Waals surface area contributed by atoms with Crippen molar-refractivity contribution in [1.82, 2.24) is 10.2 Å². The van der Waals surface area contributed by atoms with Crippen LogP contribution in [0.15, 0.2) is 0 Å². The minimum Gasteiger partial charge on any atom is -0.312 e. The zero-order valence-corrected chi connectivity index (χ0v) is 10.8. The van der Waals surface area contributed by atoms with Crippen LogP contribution in [0.3, 0.4) is 0 Å². The van der Waals surface area contributed by atoms with E-state index in [0.29, 0.717) is 0 Å². The Kier molecular flexibility index (Phi) is 5.17. The predicted molar refractivity (Wildman–Crippen MR) is 68.2 cm³/mol. The van der Waals surface area contributed by atoms with Crippen LogP contribution in [-0.2, 0) is 0 Å². The van der Waals surface area contributed by atoms with E-state index in [1.54, 1.807) is 0 Å². The monoisotopic (exact) mass is 252 g/mol. The molecule has 3 aliphatic heterocycles. The van der Waals surface area contributed by atoms with Gasteiger partial charge in [0.2, 0.25) is 0 Å². The average molecular weight is 253 g/mol. The van der Waals surface area contributed by atoms with Gasteiger partial charge >= 0.3 is 0 Å². The molecule has 2 bridgehead atoms. The molecule has 4 fully saturated rings. The highest BCUT2D eigenvalue weighted by Gasteiger charge is 2.34. The molecule has 0 unspecified atom stereocenters. The van der Waals surface area contributed by atoms with Crippen molar-refractivity contribution in [3.05, 3.63) is 0 Å². The van der Waals surface area contributed by atoms with Gasteiger partial charge in [-0.25, -0.2) is 0 Å². The number of fused-ring (bicyclic) bond motifs is 3. The molecule has 1 saturated carbocycles. The zero-order chi connectivity index (χ0) is 8.67. The van der Waals surface area contributed by atoms with Crippen molar-refractivity contribution in [1.29, 1.82) is 0 Å². The van der Waals surface area contributed by atoms with Crippen LogP contribution in [0.2, 0.25) is 0 Å². The first kappa shape index (κ1) is 13.6. The van der Waals surface area contributed by atoms with E-state index in [0.717, 1.165) is 17.9 Å². The fourth-order valence-electron chi connectivity index (χ4n) is 2.84. The van der Waals surface area contributed by atoms with Crippen LogP contribution >= 0.6 is 24.8 Å². The summed E-state index contributed by atoms with van der Waals surface area (Å²) < 4.78 is 0. The molecule has 3 heterocycles. The van der Waals surface area contributed by atoms with Gasteiger partial charge in [0.25, 0.3) is 0 Å².